The van der Waals surface area contributed by atoms with E-state index in [1.165, 1.54) is 7.11 Å². The van der Waals surface area contributed by atoms with E-state index in [-0.39, 0.29) is 0 Å². The maximum absolute atomic E-state index is 11.7. The van der Waals surface area contributed by atoms with Crippen LogP contribution < -0.4 is 10.5 Å². The molecule has 6 heteroatoms. The number of methoxy groups -OCH3 is 1. The van der Waals surface area contributed by atoms with Gasteiger partial charge in [-0.3, -0.25) is 0 Å². The van der Waals surface area contributed by atoms with Crippen molar-refractivity contribution in [3.63, 3.8) is 0 Å². The van der Waals surface area contributed by atoms with Crippen LogP contribution in [0, 0.1) is 6.92 Å². The number of esters is 1. The molecule has 0 unspecified atom stereocenters. The van der Waals surface area contributed by atoms with Gasteiger partial charge in [0.2, 0.25) is 0 Å². The number of aryl methyl sites for hydroxylation is 1. The Hall–Kier alpha value is -2.50. The van der Waals surface area contributed by atoms with E-state index in [1.54, 1.807) is 24.4 Å². The van der Waals surface area contributed by atoms with Crippen LogP contribution in [0.1, 0.15) is 16.2 Å². The van der Waals surface area contributed by atoms with E-state index in [0.717, 1.165) is 5.82 Å². The van der Waals surface area contributed by atoms with Crippen LogP contribution in [0.25, 0.3) is 0 Å². The molecule has 0 fully saturated rings. The topological polar surface area (TPSA) is 79.4 Å². The first-order valence-corrected chi connectivity index (χ1v) is 6.20. The van der Waals surface area contributed by atoms with Crippen molar-refractivity contribution in [1.82, 2.24) is 9.55 Å². The average Bonchev–Trinajstić information content (AvgIpc) is 2.85. The van der Waals surface area contributed by atoms with Gasteiger partial charge < -0.3 is 19.8 Å². The van der Waals surface area contributed by atoms with Gasteiger partial charge in [0.1, 0.15) is 23.7 Å². The summed E-state index contributed by atoms with van der Waals surface area (Å²) in [7, 11) is 1.32. The Morgan fingerprint density at radius 3 is 2.90 bits per heavy atom. The molecule has 1 aromatic heterocycles. The van der Waals surface area contributed by atoms with Gasteiger partial charge in [0.05, 0.1) is 13.7 Å². The summed E-state index contributed by atoms with van der Waals surface area (Å²) in [4.78, 5) is 15.8. The summed E-state index contributed by atoms with van der Waals surface area (Å²) in [5, 5.41) is 0. The van der Waals surface area contributed by atoms with Gasteiger partial charge in [0, 0.05) is 18.1 Å². The van der Waals surface area contributed by atoms with Crippen LogP contribution in [0.15, 0.2) is 30.6 Å². The number of imidazole rings is 1. The Balaban J connectivity index is 2.05. The van der Waals surface area contributed by atoms with Crippen LogP contribution in [0.4, 0.5) is 5.69 Å². The molecule has 0 saturated carbocycles. The maximum Gasteiger partial charge on any atom is 0.341 e. The number of nitrogens with zero attached hydrogens (tertiary/aromatic N) is 2. The number of carbonyl (C=O) groups excluding carboxylic acids is 1. The van der Waals surface area contributed by atoms with Gasteiger partial charge >= 0.3 is 5.97 Å². The highest BCUT2D eigenvalue weighted by molar-refractivity contribution is 5.93. The molecule has 6 nitrogen and oxygen atoms in total. The Morgan fingerprint density at radius 2 is 2.25 bits per heavy atom. The van der Waals surface area contributed by atoms with Crippen molar-refractivity contribution < 1.29 is 14.3 Å². The summed E-state index contributed by atoms with van der Waals surface area (Å²) >= 11 is 0. The Bertz CT molecular complexity index is 607. The van der Waals surface area contributed by atoms with Gasteiger partial charge in [0.25, 0.3) is 0 Å². The first-order valence-electron chi connectivity index (χ1n) is 6.20. The predicted octanol–water partition coefficient (Wildman–Crippen LogP) is 1.64. The predicted molar refractivity (Wildman–Crippen MR) is 74.7 cm³/mol. The molecule has 2 N–H and O–H groups in total. The van der Waals surface area contributed by atoms with Crippen molar-refractivity contribution >= 4 is 11.7 Å². The fraction of sp³-hybridized carbons (Fsp3) is 0.286. The first kappa shape index (κ1) is 13.9. The lowest BCUT2D eigenvalue weighted by Crippen LogP contribution is -2.12. The lowest BCUT2D eigenvalue weighted by atomic mass is 10.2. The van der Waals surface area contributed by atoms with E-state index in [1.807, 2.05) is 17.7 Å². The van der Waals surface area contributed by atoms with E-state index in [9.17, 15) is 4.79 Å². The molecule has 0 radical (unpaired) electrons. The highest BCUT2D eigenvalue weighted by atomic mass is 16.5. The lowest BCUT2D eigenvalue weighted by molar-refractivity contribution is 0.0596. The summed E-state index contributed by atoms with van der Waals surface area (Å²) in [5.41, 5.74) is 6.49. The molecule has 20 heavy (non-hydrogen) atoms. The molecule has 1 aromatic carbocycles. The zero-order valence-corrected chi connectivity index (χ0v) is 11.5. The number of anilines is 1. The van der Waals surface area contributed by atoms with E-state index < -0.39 is 5.97 Å². The molecule has 0 spiro atoms. The largest absolute Gasteiger partial charge is 0.491 e. The molecule has 2 rings (SSSR count). The molecule has 0 amide bonds. The SMILES string of the molecule is COC(=O)c1cc(N)ccc1OCCn1ccnc1C. The number of benzene rings is 1. The van der Waals surface area contributed by atoms with Crippen LogP contribution in [0.3, 0.4) is 0 Å². The first-order chi connectivity index (χ1) is 9.61. The van der Waals surface area contributed by atoms with Gasteiger partial charge in [-0.25, -0.2) is 9.78 Å². The molecule has 2 aromatic rings. The van der Waals surface area contributed by atoms with Gasteiger partial charge in [-0.05, 0) is 25.1 Å². The summed E-state index contributed by atoms with van der Waals surface area (Å²) in [5.74, 6) is 0.911. The van der Waals surface area contributed by atoms with E-state index in [4.69, 9.17) is 15.2 Å². The second-order valence-corrected chi connectivity index (χ2v) is 4.26. The molecule has 106 valence electrons. The van der Waals surface area contributed by atoms with Crippen molar-refractivity contribution in [3.8, 4) is 5.75 Å². The number of hydrogen-bond donors (Lipinski definition) is 1. The molecular weight excluding hydrogens is 258 g/mol. The van der Waals surface area contributed by atoms with Crippen LogP contribution in [-0.4, -0.2) is 29.2 Å². The van der Waals surface area contributed by atoms with Crippen molar-refractivity contribution in [3.05, 3.63) is 42.0 Å². The monoisotopic (exact) mass is 275 g/mol. The van der Waals surface area contributed by atoms with Crippen LogP contribution in [0.2, 0.25) is 0 Å². The average molecular weight is 275 g/mol. The minimum atomic E-state index is -0.467. The number of hydrogen-bond acceptors (Lipinski definition) is 5. The number of ether oxygens (including phenoxy) is 2. The number of nitrogen functional groups attached to an aromatic ring is 1. The van der Waals surface area contributed by atoms with Gasteiger partial charge in [-0.15, -0.1) is 0 Å². The normalized spacial score (nSPS) is 10.3. The molecule has 0 aliphatic rings. The summed E-state index contributed by atoms with van der Waals surface area (Å²) in [6, 6.07) is 4.90. The molecule has 0 bridgehead atoms. The minimum Gasteiger partial charge on any atom is -0.491 e. The number of carbonyl (C=O) groups is 1. The van der Waals surface area contributed by atoms with Gasteiger partial charge in [0.15, 0.2) is 0 Å². The molecule has 0 saturated heterocycles. The highest BCUT2D eigenvalue weighted by Crippen LogP contribution is 2.22. The fourth-order valence-electron chi connectivity index (χ4n) is 1.84. The summed E-state index contributed by atoms with van der Waals surface area (Å²) < 4.78 is 12.3. The van der Waals surface area contributed by atoms with E-state index >= 15 is 0 Å². The van der Waals surface area contributed by atoms with Crippen LogP contribution in [-0.2, 0) is 11.3 Å². The zero-order valence-electron chi connectivity index (χ0n) is 11.5. The summed E-state index contributed by atoms with van der Waals surface area (Å²) in [6.45, 7) is 2.99. The molecule has 1 heterocycles. The smallest absolute Gasteiger partial charge is 0.341 e. The minimum absolute atomic E-state index is 0.329. The van der Waals surface area contributed by atoms with Crippen molar-refractivity contribution in [1.29, 1.82) is 0 Å². The standard InChI is InChI=1S/C14H17N3O3/c1-10-16-5-6-17(10)7-8-20-13-4-3-11(15)9-12(13)14(18)19-2/h3-6,9H,7-8,15H2,1-2H3. The van der Waals surface area contributed by atoms with Gasteiger partial charge in [-0.1, -0.05) is 0 Å². The van der Waals surface area contributed by atoms with Gasteiger partial charge in [-0.2, -0.15) is 0 Å². The van der Waals surface area contributed by atoms with Crippen LogP contribution >= 0.6 is 0 Å². The zero-order chi connectivity index (χ0) is 14.5. The van der Waals surface area contributed by atoms with Crippen LogP contribution in [0.5, 0.6) is 5.75 Å². The number of nitrogens with two attached hydrogens (primary N) is 1. The highest BCUT2D eigenvalue weighted by Gasteiger charge is 2.13. The number of aromatic nitrogens is 2. The third-order valence-electron chi connectivity index (χ3n) is 2.92. The summed E-state index contributed by atoms with van der Waals surface area (Å²) in [6.07, 6.45) is 3.61. The Kier molecular flexibility index (Phi) is 4.24. The number of rotatable bonds is 5. The van der Waals surface area contributed by atoms with Crippen molar-refractivity contribution in [2.45, 2.75) is 13.5 Å². The Morgan fingerprint density at radius 1 is 1.45 bits per heavy atom. The third-order valence-corrected chi connectivity index (χ3v) is 2.92. The van der Waals surface area contributed by atoms with Crippen molar-refractivity contribution in [2.24, 2.45) is 0 Å². The van der Waals surface area contributed by atoms with E-state index in [2.05, 4.69) is 4.98 Å². The lowest BCUT2D eigenvalue weighted by Gasteiger charge is -2.11. The molecule has 0 aliphatic heterocycles. The second kappa shape index (κ2) is 6.10. The van der Waals surface area contributed by atoms with Crippen molar-refractivity contribution in [2.75, 3.05) is 19.5 Å². The molecular formula is C14H17N3O3. The second-order valence-electron chi connectivity index (χ2n) is 4.26. The fourth-order valence-corrected chi connectivity index (χ4v) is 1.84. The molecule has 0 atom stereocenters. The Labute approximate surface area is 117 Å². The third kappa shape index (κ3) is 3.09. The quantitative estimate of drug-likeness (QED) is 0.663. The molecule has 0 aliphatic carbocycles. The maximum atomic E-state index is 11.7. The van der Waals surface area contributed by atoms with E-state index in [0.29, 0.717) is 30.2 Å².